The van der Waals surface area contributed by atoms with Crippen molar-refractivity contribution in [2.75, 3.05) is 18.8 Å². The Hall–Kier alpha value is -2.81. The van der Waals surface area contributed by atoms with E-state index >= 15 is 0 Å². The molecule has 156 valence electrons. The number of carbonyl (C=O) groups excluding carboxylic acids is 2. The number of thioether (sulfide) groups is 1. The number of aromatic nitrogens is 4. The molecule has 30 heavy (non-hydrogen) atoms. The molecule has 0 bridgehead atoms. The maximum atomic E-state index is 12.7. The van der Waals surface area contributed by atoms with Crippen molar-refractivity contribution in [1.29, 1.82) is 0 Å². The number of ketones is 1. The molecule has 1 aliphatic heterocycles. The van der Waals surface area contributed by atoms with Crippen LogP contribution in [0.5, 0.6) is 0 Å². The number of hydrogen-bond donors (Lipinski definition) is 1. The van der Waals surface area contributed by atoms with Gasteiger partial charge in [-0.3, -0.25) is 14.2 Å². The van der Waals surface area contributed by atoms with E-state index in [1.807, 2.05) is 21.6 Å². The maximum absolute atomic E-state index is 12.7. The summed E-state index contributed by atoms with van der Waals surface area (Å²) in [6.45, 7) is 2.12. The quantitative estimate of drug-likeness (QED) is 0.439. The second-order valence-corrected chi connectivity index (χ2v) is 8.74. The summed E-state index contributed by atoms with van der Waals surface area (Å²) in [5.74, 6) is 2.39. The highest BCUT2D eigenvalue weighted by atomic mass is 32.2. The summed E-state index contributed by atoms with van der Waals surface area (Å²) >= 11 is 1.37. The largest absolute Gasteiger partial charge is 0.467 e. The average Bonchev–Trinajstić information content (AvgIpc) is 3.27. The highest BCUT2D eigenvalue weighted by Gasteiger charge is 2.31. The molecule has 5 rings (SSSR count). The van der Waals surface area contributed by atoms with Gasteiger partial charge in [0.2, 0.25) is 0 Å². The number of aromatic amines is 1. The first kappa shape index (κ1) is 19.2. The van der Waals surface area contributed by atoms with E-state index in [9.17, 15) is 9.59 Å². The molecule has 0 radical (unpaired) electrons. The molecule has 8 nitrogen and oxygen atoms in total. The Morgan fingerprint density at radius 1 is 1.23 bits per heavy atom. The molecule has 9 heteroatoms. The fourth-order valence-corrected chi connectivity index (χ4v) is 4.58. The van der Waals surface area contributed by atoms with Crippen LogP contribution in [0.1, 0.15) is 64.0 Å². The van der Waals surface area contributed by atoms with Crippen LogP contribution in [0.15, 0.2) is 40.2 Å². The van der Waals surface area contributed by atoms with Crippen molar-refractivity contribution in [3.63, 3.8) is 0 Å². The van der Waals surface area contributed by atoms with Crippen molar-refractivity contribution >= 4 is 23.5 Å². The second-order valence-electron chi connectivity index (χ2n) is 7.79. The molecular weight excluding hydrogens is 402 g/mol. The molecule has 0 spiro atoms. The first-order chi connectivity index (χ1) is 14.7. The highest BCUT2D eigenvalue weighted by Crippen LogP contribution is 2.40. The summed E-state index contributed by atoms with van der Waals surface area (Å²) in [7, 11) is 0. The number of hydrogen-bond acceptors (Lipinski definition) is 6. The van der Waals surface area contributed by atoms with Crippen LogP contribution in [0.2, 0.25) is 0 Å². The summed E-state index contributed by atoms with van der Waals surface area (Å²) in [6.07, 6.45) is 7.59. The summed E-state index contributed by atoms with van der Waals surface area (Å²) in [4.78, 5) is 30.0. The van der Waals surface area contributed by atoms with Crippen molar-refractivity contribution in [2.24, 2.45) is 0 Å². The summed E-state index contributed by atoms with van der Waals surface area (Å²) in [6, 6.07) is 5.45. The van der Waals surface area contributed by atoms with Crippen LogP contribution in [0.25, 0.3) is 0 Å². The molecule has 0 unspecified atom stereocenters. The molecule has 2 aliphatic rings. The Bertz CT molecular complexity index is 1040. The third kappa shape index (κ3) is 3.94. The summed E-state index contributed by atoms with van der Waals surface area (Å²) in [5.41, 5.74) is 0.992. The number of H-pyrrole nitrogens is 1. The number of amides is 1. The highest BCUT2D eigenvalue weighted by molar-refractivity contribution is 7.99. The lowest BCUT2D eigenvalue weighted by Gasteiger charge is -2.13. The third-order valence-corrected chi connectivity index (χ3v) is 6.51. The van der Waals surface area contributed by atoms with Gasteiger partial charge in [0.05, 0.1) is 18.6 Å². The molecule has 3 aromatic heterocycles. The molecule has 1 saturated carbocycles. The number of nitrogens with one attached hydrogen (secondary N) is 1. The maximum Gasteiger partial charge on any atom is 0.270 e. The van der Waals surface area contributed by atoms with Gasteiger partial charge in [-0.15, -0.1) is 10.2 Å². The number of likely N-dealkylation sites (tertiary alicyclic amines) is 1. The van der Waals surface area contributed by atoms with Crippen LogP contribution in [0.4, 0.5) is 0 Å². The zero-order chi connectivity index (χ0) is 20.5. The number of furan rings is 1. The van der Waals surface area contributed by atoms with Crippen LogP contribution in [-0.4, -0.2) is 55.2 Å². The minimum atomic E-state index is -0.0442. The zero-order valence-electron chi connectivity index (χ0n) is 16.5. The number of Topliss-reactive ketones (excluding diaryl/α,β-unsaturated/α-hetero) is 1. The minimum Gasteiger partial charge on any atom is -0.467 e. The van der Waals surface area contributed by atoms with Gasteiger partial charge in [0.1, 0.15) is 17.3 Å². The van der Waals surface area contributed by atoms with Gasteiger partial charge >= 0.3 is 0 Å². The molecule has 1 amide bonds. The van der Waals surface area contributed by atoms with E-state index in [0.717, 1.165) is 50.4 Å². The molecular formula is C21H23N5O3S. The Labute approximate surface area is 178 Å². The molecule has 3 aromatic rings. The number of carbonyl (C=O) groups is 2. The SMILES string of the molecule is O=C(CSc1nnc(C2CC2)n1Cc1ccco1)c1c[nH]c(C(=O)N2CCCC2)c1. The van der Waals surface area contributed by atoms with Crippen molar-refractivity contribution in [3.8, 4) is 0 Å². The van der Waals surface area contributed by atoms with Crippen LogP contribution in [-0.2, 0) is 6.54 Å². The van der Waals surface area contributed by atoms with Gasteiger partial charge in [0.15, 0.2) is 10.9 Å². The first-order valence-corrected chi connectivity index (χ1v) is 11.3. The Morgan fingerprint density at radius 3 is 2.80 bits per heavy atom. The topological polar surface area (TPSA) is 97.0 Å². The molecule has 0 aromatic carbocycles. The number of rotatable bonds is 8. The van der Waals surface area contributed by atoms with Crippen molar-refractivity contribution in [1.82, 2.24) is 24.6 Å². The minimum absolute atomic E-state index is 0.0357. The predicted molar refractivity (Wildman–Crippen MR) is 111 cm³/mol. The second kappa shape index (κ2) is 8.14. The predicted octanol–water partition coefficient (Wildman–Crippen LogP) is 3.34. The summed E-state index contributed by atoms with van der Waals surface area (Å²) in [5, 5.41) is 9.40. The Morgan fingerprint density at radius 2 is 2.07 bits per heavy atom. The average molecular weight is 426 g/mol. The molecule has 2 fully saturated rings. The van der Waals surface area contributed by atoms with Crippen LogP contribution >= 0.6 is 11.8 Å². The van der Waals surface area contributed by atoms with Gasteiger partial charge in [0.25, 0.3) is 5.91 Å². The smallest absolute Gasteiger partial charge is 0.270 e. The molecule has 4 heterocycles. The monoisotopic (exact) mass is 425 g/mol. The molecule has 0 atom stereocenters. The molecule has 1 N–H and O–H groups in total. The normalized spacial score (nSPS) is 16.3. The van der Waals surface area contributed by atoms with Crippen molar-refractivity contribution < 1.29 is 14.0 Å². The first-order valence-electron chi connectivity index (χ1n) is 10.3. The fourth-order valence-electron chi connectivity index (χ4n) is 3.74. The van der Waals surface area contributed by atoms with Gasteiger partial charge in [-0.1, -0.05) is 11.8 Å². The van der Waals surface area contributed by atoms with E-state index in [1.165, 1.54) is 11.8 Å². The van der Waals surface area contributed by atoms with E-state index in [1.54, 1.807) is 18.5 Å². The fraction of sp³-hybridized carbons (Fsp3) is 0.429. The zero-order valence-corrected chi connectivity index (χ0v) is 17.4. The van der Waals surface area contributed by atoms with Gasteiger partial charge in [-0.2, -0.15) is 0 Å². The Balaban J connectivity index is 1.26. The van der Waals surface area contributed by atoms with E-state index in [2.05, 4.69) is 15.2 Å². The van der Waals surface area contributed by atoms with E-state index in [0.29, 0.717) is 28.9 Å². The molecule has 1 saturated heterocycles. The standard InChI is InChI=1S/C21H23N5O3S/c27-18(15-10-17(22-11-15)20(28)25-7-1-2-8-25)13-30-21-24-23-19(14-5-6-14)26(21)12-16-4-3-9-29-16/h3-4,9-11,14,22H,1-2,5-8,12-13H2. The third-order valence-electron chi connectivity index (χ3n) is 5.54. The Kier molecular flexibility index (Phi) is 5.20. The van der Waals surface area contributed by atoms with Crippen LogP contribution < -0.4 is 0 Å². The lowest BCUT2D eigenvalue weighted by molar-refractivity contribution is 0.0787. The van der Waals surface area contributed by atoms with Gasteiger partial charge < -0.3 is 14.3 Å². The van der Waals surface area contributed by atoms with Crippen LogP contribution in [0.3, 0.4) is 0 Å². The lowest BCUT2D eigenvalue weighted by atomic mass is 10.2. The van der Waals surface area contributed by atoms with Gasteiger partial charge in [0, 0.05) is 30.8 Å². The van der Waals surface area contributed by atoms with Gasteiger partial charge in [-0.05, 0) is 43.9 Å². The van der Waals surface area contributed by atoms with Crippen LogP contribution in [0, 0.1) is 0 Å². The van der Waals surface area contributed by atoms with Crippen molar-refractivity contribution in [2.45, 2.75) is 43.3 Å². The number of nitrogens with zero attached hydrogens (tertiary/aromatic N) is 4. The van der Waals surface area contributed by atoms with E-state index in [-0.39, 0.29) is 17.4 Å². The lowest BCUT2D eigenvalue weighted by Crippen LogP contribution is -2.27. The van der Waals surface area contributed by atoms with Crippen molar-refractivity contribution in [3.05, 3.63) is 53.5 Å². The van der Waals surface area contributed by atoms with Gasteiger partial charge in [-0.25, -0.2) is 0 Å². The summed E-state index contributed by atoms with van der Waals surface area (Å²) < 4.78 is 7.54. The molecule has 1 aliphatic carbocycles. The van der Waals surface area contributed by atoms with E-state index < -0.39 is 0 Å². The van der Waals surface area contributed by atoms with E-state index in [4.69, 9.17) is 4.42 Å².